The van der Waals surface area contributed by atoms with Gasteiger partial charge in [0.2, 0.25) is 5.95 Å². The summed E-state index contributed by atoms with van der Waals surface area (Å²) < 4.78 is 0. The molecular weight excluding hydrogens is 272 g/mol. The summed E-state index contributed by atoms with van der Waals surface area (Å²) in [5.74, 6) is 6.73. The third kappa shape index (κ3) is 3.56. The van der Waals surface area contributed by atoms with E-state index in [1.807, 2.05) is 0 Å². The van der Waals surface area contributed by atoms with Crippen LogP contribution in [-0.4, -0.2) is 41.5 Å². The van der Waals surface area contributed by atoms with Crippen molar-refractivity contribution in [3.05, 3.63) is 10.9 Å². The Hall–Kier alpha value is -1.44. The van der Waals surface area contributed by atoms with Crippen molar-refractivity contribution >= 4 is 33.3 Å². The van der Waals surface area contributed by atoms with Crippen molar-refractivity contribution in [3.63, 3.8) is 0 Å². The molecule has 2 heterocycles. The molecule has 0 aliphatic heterocycles. The number of thiophene rings is 1. The minimum absolute atomic E-state index is 0.335. The molecule has 0 aliphatic rings. The number of rotatable bonds is 6. The lowest BCUT2D eigenvalue weighted by Crippen LogP contribution is -2.23. The van der Waals surface area contributed by atoms with Gasteiger partial charge >= 0.3 is 0 Å². The maximum absolute atomic E-state index is 5.44. The lowest BCUT2D eigenvalue weighted by molar-refractivity contribution is 0.390. The molecule has 0 bridgehead atoms. The molecule has 110 valence electrons. The Labute approximate surface area is 123 Å². The van der Waals surface area contributed by atoms with Crippen LogP contribution in [-0.2, 0) is 0 Å². The smallest absolute Gasteiger partial charge is 0.240 e. The minimum Gasteiger partial charge on any atom is -0.367 e. The van der Waals surface area contributed by atoms with Gasteiger partial charge in [-0.25, -0.2) is 10.8 Å². The van der Waals surface area contributed by atoms with Crippen LogP contribution in [0.2, 0.25) is 0 Å². The van der Waals surface area contributed by atoms with Crippen LogP contribution in [0.1, 0.15) is 18.2 Å². The number of nitrogens with zero attached hydrogens (tertiary/aromatic N) is 3. The quantitative estimate of drug-likeness (QED) is 0.559. The fourth-order valence-electron chi connectivity index (χ4n) is 1.97. The zero-order chi connectivity index (χ0) is 14.7. The second kappa shape index (κ2) is 6.34. The van der Waals surface area contributed by atoms with Crippen molar-refractivity contribution in [2.45, 2.75) is 26.3 Å². The number of hydrogen-bond donors (Lipinski definition) is 3. The molecule has 2 rings (SSSR count). The van der Waals surface area contributed by atoms with Gasteiger partial charge in [-0.15, -0.1) is 11.3 Å². The third-order valence-corrected chi connectivity index (χ3v) is 3.98. The molecule has 2 aromatic rings. The largest absolute Gasteiger partial charge is 0.367 e. The number of aryl methyl sites for hydroxylation is 1. The number of anilines is 2. The van der Waals surface area contributed by atoms with E-state index < -0.39 is 0 Å². The molecule has 20 heavy (non-hydrogen) atoms. The molecule has 0 saturated carbocycles. The molecule has 0 fully saturated rings. The summed E-state index contributed by atoms with van der Waals surface area (Å²) in [7, 11) is 4.16. The number of nitrogens with one attached hydrogen (secondary N) is 2. The SMILES string of the molecule is Cc1cc2c(NC(C)CCN(C)C)nc(NN)nc2s1. The van der Waals surface area contributed by atoms with Crippen molar-refractivity contribution in [1.82, 2.24) is 14.9 Å². The van der Waals surface area contributed by atoms with Crippen LogP contribution in [0.15, 0.2) is 6.07 Å². The highest BCUT2D eigenvalue weighted by Gasteiger charge is 2.12. The lowest BCUT2D eigenvalue weighted by atomic mass is 10.2. The Morgan fingerprint density at radius 3 is 2.80 bits per heavy atom. The first kappa shape index (κ1) is 15.0. The highest BCUT2D eigenvalue weighted by molar-refractivity contribution is 7.18. The maximum Gasteiger partial charge on any atom is 0.240 e. The predicted octanol–water partition coefficient (Wildman–Crippen LogP) is 2.04. The zero-order valence-corrected chi connectivity index (χ0v) is 13.2. The average Bonchev–Trinajstić information content (AvgIpc) is 2.76. The Morgan fingerprint density at radius 1 is 1.40 bits per heavy atom. The van der Waals surface area contributed by atoms with E-state index in [1.54, 1.807) is 11.3 Å². The Bertz CT molecular complexity index is 579. The second-order valence-corrected chi connectivity index (χ2v) is 6.49. The molecule has 0 radical (unpaired) electrons. The van der Waals surface area contributed by atoms with Gasteiger partial charge in [-0.1, -0.05) is 0 Å². The topological polar surface area (TPSA) is 79.1 Å². The van der Waals surface area contributed by atoms with Crippen LogP contribution in [0.25, 0.3) is 10.2 Å². The molecule has 4 N–H and O–H groups in total. The van der Waals surface area contributed by atoms with Crippen molar-refractivity contribution < 1.29 is 0 Å². The monoisotopic (exact) mass is 294 g/mol. The molecule has 1 unspecified atom stereocenters. The molecule has 6 nitrogen and oxygen atoms in total. The first-order chi connectivity index (χ1) is 9.49. The molecular formula is C13H22N6S. The van der Waals surface area contributed by atoms with E-state index in [0.717, 1.165) is 29.0 Å². The Morgan fingerprint density at radius 2 is 2.15 bits per heavy atom. The van der Waals surface area contributed by atoms with Crippen molar-refractivity contribution in [2.75, 3.05) is 31.4 Å². The van der Waals surface area contributed by atoms with E-state index in [4.69, 9.17) is 5.84 Å². The van der Waals surface area contributed by atoms with Gasteiger partial charge in [-0.2, -0.15) is 4.98 Å². The highest BCUT2D eigenvalue weighted by Crippen LogP contribution is 2.29. The number of hydrazine groups is 1. The van der Waals surface area contributed by atoms with Gasteiger partial charge in [-0.3, -0.25) is 5.43 Å². The van der Waals surface area contributed by atoms with Gasteiger partial charge in [0.05, 0.1) is 5.39 Å². The van der Waals surface area contributed by atoms with Gasteiger partial charge in [-0.05, 0) is 47.0 Å². The molecule has 0 amide bonds. The normalized spacial score (nSPS) is 12.9. The Kier molecular flexibility index (Phi) is 4.74. The van der Waals surface area contributed by atoms with Crippen LogP contribution >= 0.6 is 11.3 Å². The van der Waals surface area contributed by atoms with Gasteiger partial charge in [0.25, 0.3) is 0 Å². The minimum atomic E-state index is 0.335. The van der Waals surface area contributed by atoms with E-state index in [2.05, 4.69) is 59.6 Å². The van der Waals surface area contributed by atoms with Crippen LogP contribution in [0.3, 0.4) is 0 Å². The number of nitrogens with two attached hydrogens (primary N) is 1. The summed E-state index contributed by atoms with van der Waals surface area (Å²) in [5.41, 5.74) is 2.53. The predicted molar refractivity (Wildman–Crippen MR) is 86.2 cm³/mol. The fraction of sp³-hybridized carbons (Fsp3) is 0.538. The summed E-state index contributed by atoms with van der Waals surface area (Å²) in [6.07, 6.45) is 1.05. The van der Waals surface area contributed by atoms with Crippen molar-refractivity contribution in [1.29, 1.82) is 0 Å². The van der Waals surface area contributed by atoms with Crippen LogP contribution in [0.4, 0.5) is 11.8 Å². The molecule has 0 aromatic carbocycles. The van der Waals surface area contributed by atoms with Gasteiger partial charge in [0.1, 0.15) is 10.6 Å². The molecule has 0 spiro atoms. The standard InChI is InChI=1S/C13H22N6S/c1-8(5-6-19(3)4)15-11-10-7-9(2)20-12(10)17-13(16-11)18-14/h7-8H,5-6,14H2,1-4H3,(H2,15,16,17,18). The summed E-state index contributed by atoms with van der Waals surface area (Å²) in [6, 6.07) is 2.45. The van der Waals surface area contributed by atoms with Crippen LogP contribution in [0.5, 0.6) is 0 Å². The fourth-order valence-corrected chi connectivity index (χ4v) is 2.85. The molecule has 2 aromatic heterocycles. The lowest BCUT2D eigenvalue weighted by Gasteiger charge is -2.18. The first-order valence-corrected chi connectivity index (χ1v) is 7.47. The van der Waals surface area contributed by atoms with Gasteiger partial charge < -0.3 is 10.2 Å². The zero-order valence-electron chi connectivity index (χ0n) is 12.4. The van der Waals surface area contributed by atoms with Crippen LogP contribution in [0, 0.1) is 6.92 Å². The van der Waals surface area contributed by atoms with Crippen LogP contribution < -0.4 is 16.6 Å². The average molecular weight is 294 g/mol. The maximum atomic E-state index is 5.44. The highest BCUT2D eigenvalue weighted by atomic mass is 32.1. The molecule has 0 aliphatic carbocycles. The number of hydrogen-bond acceptors (Lipinski definition) is 7. The third-order valence-electron chi connectivity index (χ3n) is 3.04. The number of fused-ring (bicyclic) bond motifs is 1. The summed E-state index contributed by atoms with van der Waals surface area (Å²) in [6.45, 7) is 5.26. The van der Waals surface area contributed by atoms with Crippen molar-refractivity contribution in [3.8, 4) is 0 Å². The summed E-state index contributed by atoms with van der Waals surface area (Å²) in [5, 5.41) is 4.52. The van der Waals surface area contributed by atoms with Crippen molar-refractivity contribution in [2.24, 2.45) is 5.84 Å². The van der Waals surface area contributed by atoms with Gasteiger partial charge in [0, 0.05) is 10.9 Å². The second-order valence-electron chi connectivity index (χ2n) is 5.25. The Balaban J connectivity index is 2.23. The van der Waals surface area contributed by atoms with Gasteiger partial charge in [0.15, 0.2) is 0 Å². The first-order valence-electron chi connectivity index (χ1n) is 6.65. The number of aromatic nitrogens is 2. The van der Waals surface area contributed by atoms with E-state index in [-0.39, 0.29) is 0 Å². The van der Waals surface area contributed by atoms with E-state index in [9.17, 15) is 0 Å². The molecule has 1 atom stereocenters. The van der Waals surface area contributed by atoms with E-state index >= 15 is 0 Å². The molecule has 0 saturated heterocycles. The molecule has 7 heteroatoms. The van der Waals surface area contributed by atoms with E-state index in [0.29, 0.717) is 12.0 Å². The number of nitrogen functional groups attached to an aromatic ring is 1. The van der Waals surface area contributed by atoms with E-state index in [1.165, 1.54) is 4.88 Å². The summed E-state index contributed by atoms with van der Waals surface area (Å²) in [4.78, 5) is 13.2. The summed E-state index contributed by atoms with van der Waals surface area (Å²) >= 11 is 1.65.